The van der Waals surface area contributed by atoms with E-state index in [0.29, 0.717) is 12.1 Å². The fourth-order valence-electron chi connectivity index (χ4n) is 1.14. The summed E-state index contributed by atoms with van der Waals surface area (Å²) in [6.45, 7) is 0. The molecule has 0 saturated carbocycles. The first kappa shape index (κ1) is 9.67. The van der Waals surface area contributed by atoms with Crippen molar-refractivity contribution in [3.8, 4) is 0 Å². The molecule has 0 saturated heterocycles. The van der Waals surface area contributed by atoms with Gasteiger partial charge >= 0.3 is 5.97 Å². The number of hydrogen-bond donors (Lipinski definition) is 1. The van der Waals surface area contributed by atoms with Crippen LogP contribution in [0.5, 0.6) is 0 Å². The third-order valence-corrected chi connectivity index (χ3v) is 3.35. The summed E-state index contributed by atoms with van der Waals surface area (Å²) >= 11 is 4.86. The molecule has 0 aromatic carbocycles. The number of carbonyl (C=O) groups is 1. The van der Waals surface area contributed by atoms with Crippen molar-refractivity contribution >= 4 is 38.9 Å². The first-order chi connectivity index (χ1) is 6.66. The molecule has 1 aromatic heterocycles. The van der Waals surface area contributed by atoms with Gasteiger partial charge in [0.25, 0.3) is 0 Å². The van der Waals surface area contributed by atoms with Crippen molar-refractivity contribution in [2.45, 2.75) is 12.5 Å². The van der Waals surface area contributed by atoms with Crippen LogP contribution in [0.3, 0.4) is 0 Å². The second-order valence-corrected chi connectivity index (χ2v) is 5.10. The lowest BCUT2D eigenvalue weighted by Crippen LogP contribution is -2.19. The average molecular weight is 276 g/mol. The lowest BCUT2D eigenvalue weighted by atomic mass is 10.1. The molecule has 0 aliphatic carbocycles. The molecule has 74 valence electrons. The van der Waals surface area contributed by atoms with Gasteiger partial charge in [-0.25, -0.2) is 4.79 Å². The molecule has 0 amide bonds. The molecule has 1 unspecified atom stereocenters. The van der Waals surface area contributed by atoms with Gasteiger partial charge in [0.15, 0.2) is 0 Å². The van der Waals surface area contributed by atoms with Gasteiger partial charge in [-0.15, -0.1) is 11.3 Å². The molecular formula is C8H6BrNO3S. The van der Waals surface area contributed by atoms with Crippen LogP contribution in [0.2, 0.25) is 0 Å². The van der Waals surface area contributed by atoms with Crippen molar-refractivity contribution in [2.24, 2.45) is 5.16 Å². The number of carboxylic acid groups (broad SMARTS) is 1. The van der Waals surface area contributed by atoms with E-state index in [2.05, 4.69) is 21.1 Å². The maximum absolute atomic E-state index is 10.6. The van der Waals surface area contributed by atoms with Crippen LogP contribution in [-0.4, -0.2) is 22.9 Å². The van der Waals surface area contributed by atoms with Crippen LogP contribution in [-0.2, 0) is 9.63 Å². The molecule has 0 fully saturated rings. The van der Waals surface area contributed by atoms with Crippen LogP contribution in [0, 0.1) is 0 Å². The highest BCUT2D eigenvalue weighted by Crippen LogP contribution is 2.25. The summed E-state index contributed by atoms with van der Waals surface area (Å²) in [4.78, 5) is 15.3. The zero-order chi connectivity index (χ0) is 10.1. The Labute approximate surface area is 92.3 Å². The SMILES string of the molecule is O=C(O)C1CC(c2csc(Br)c2)=NO1. The van der Waals surface area contributed by atoms with Crippen LogP contribution in [0.25, 0.3) is 0 Å². The van der Waals surface area contributed by atoms with Gasteiger partial charge in [0.1, 0.15) is 0 Å². The van der Waals surface area contributed by atoms with E-state index < -0.39 is 12.1 Å². The van der Waals surface area contributed by atoms with Gasteiger partial charge < -0.3 is 9.94 Å². The molecule has 6 heteroatoms. The van der Waals surface area contributed by atoms with Crippen LogP contribution in [0.4, 0.5) is 0 Å². The van der Waals surface area contributed by atoms with Crippen LogP contribution in [0.15, 0.2) is 20.4 Å². The van der Waals surface area contributed by atoms with E-state index in [1.807, 2.05) is 11.4 Å². The molecule has 1 N–H and O–H groups in total. The largest absolute Gasteiger partial charge is 0.478 e. The maximum Gasteiger partial charge on any atom is 0.348 e. The normalized spacial score (nSPS) is 20.4. The summed E-state index contributed by atoms with van der Waals surface area (Å²) in [7, 11) is 0. The van der Waals surface area contributed by atoms with Gasteiger partial charge in [0, 0.05) is 17.4 Å². The number of carboxylic acids is 1. The Bertz CT molecular complexity index is 401. The lowest BCUT2D eigenvalue weighted by Gasteiger charge is -1.98. The van der Waals surface area contributed by atoms with Gasteiger partial charge in [0.05, 0.1) is 9.50 Å². The molecule has 1 aromatic rings. The summed E-state index contributed by atoms with van der Waals surface area (Å²) in [5, 5.41) is 14.3. The molecule has 1 aliphatic rings. The predicted molar refractivity (Wildman–Crippen MR) is 55.7 cm³/mol. The summed E-state index contributed by atoms with van der Waals surface area (Å²) < 4.78 is 0.994. The van der Waals surface area contributed by atoms with E-state index in [1.165, 1.54) is 11.3 Å². The van der Waals surface area contributed by atoms with E-state index >= 15 is 0 Å². The summed E-state index contributed by atoms with van der Waals surface area (Å²) in [5.41, 5.74) is 1.62. The van der Waals surface area contributed by atoms with E-state index in [-0.39, 0.29) is 0 Å². The van der Waals surface area contributed by atoms with Crippen molar-refractivity contribution in [3.63, 3.8) is 0 Å². The van der Waals surface area contributed by atoms with Gasteiger partial charge in [-0.3, -0.25) is 0 Å². The second-order valence-electron chi connectivity index (χ2n) is 2.81. The van der Waals surface area contributed by atoms with E-state index in [4.69, 9.17) is 9.94 Å². The highest BCUT2D eigenvalue weighted by atomic mass is 79.9. The number of nitrogens with zero attached hydrogens (tertiary/aromatic N) is 1. The number of halogens is 1. The zero-order valence-corrected chi connectivity index (χ0v) is 9.34. The highest BCUT2D eigenvalue weighted by Gasteiger charge is 2.28. The standard InChI is InChI=1S/C8H6BrNO3S/c9-7-1-4(3-14-7)5-2-6(8(11)12)13-10-5/h1,3,6H,2H2,(H,11,12). The van der Waals surface area contributed by atoms with Gasteiger partial charge in [0.2, 0.25) is 6.10 Å². The fraction of sp³-hybridized carbons (Fsp3) is 0.250. The Morgan fingerprint density at radius 1 is 1.79 bits per heavy atom. The number of oxime groups is 1. The van der Waals surface area contributed by atoms with E-state index in [9.17, 15) is 4.79 Å². The third-order valence-electron chi connectivity index (χ3n) is 1.85. The van der Waals surface area contributed by atoms with Crippen molar-refractivity contribution in [2.75, 3.05) is 0 Å². The Morgan fingerprint density at radius 2 is 2.57 bits per heavy atom. The molecule has 2 heterocycles. The van der Waals surface area contributed by atoms with Crippen molar-refractivity contribution in [1.82, 2.24) is 0 Å². The summed E-state index contributed by atoms with van der Waals surface area (Å²) in [6, 6.07) is 1.90. The minimum absolute atomic E-state index is 0.332. The van der Waals surface area contributed by atoms with Crippen LogP contribution >= 0.6 is 27.3 Å². The number of aliphatic carboxylic acids is 1. The molecule has 0 bridgehead atoms. The van der Waals surface area contributed by atoms with Gasteiger partial charge in [-0.05, 0) is 22.0 Å². The number of rotatable bonds is 2. The molecule has 14 heavy (non-hydrogen) atoms. The number of hydrogen-bond acceptors (Lipinski definition) is 4. The molecular weight excluding hydrogens is 270 g/mol. The predicted octanol–water partition coefficient (Wildman–Crippen LogP) is 2.09. The fourth-order valence-corrected chi connectivity index (χ4v) is 2.31. The van der Waals surface area contributed by atoms with Crippen LogP contribution in [0.1, 0.15) is 12.0 Å². The Kier molecular flexibility index (Phi) is 2.56. The number of thiophene rings is 1. The Morgan fingerprint density at radius 3 is 3.07 bits per heavy atom. The maximum atomic E-state index is 10.6. The summed E-state index contributed by atoms with van der Waals surface area (Å²) in [6.07, 6.45) is -0.498. The lowest BCUT2D eigenvalue weighted by molar-refractivity contribution is -0.148. The second kappa shape index (κ2) is 3.70. The monoisotopic (exact) mass is 275 g/mol. The highest BCUT2D eigenvalue weighted by molar-refractivity contribution is 9.11. The van der Waals surface area contributed by atoms with Crippen LogP contribution < -0.4 is 0 Å². The quantitative estimate of drug-likeness (QED) is 0.899. The van der Waals surface area contributed by atoms with Gasteiger partial charge in [-0.1, -0.05) is 5.16 Å². The molecule has 1 aliphatic heterocycles. The van der Waals surface area contributed by atoms with Gasteiger partial charge in [-0.2, -0.15) is 0 Å². The molecule has 4 nitrogen and oxygen atoms in total. The topological polar surface area (TPSA) is 58.9 Å². The summed E-state index contributed by atoms with van der Waals surface area (Å²) in [5.74, 6) is -0.974. The van der Waals surface area contributed by atoms with Crippen molar-refractivity contribution in [1.29, 1.82) is 0 Å². The van der Waals surface area contributed by atoms with E-state index in [0.717, 1.165) is 9.35 Å². The third kappa shape index (κ3) is 1.80. The Balaban J connectivity index is 2.12. The first-order valence-corrected chi connectivity index (χ1v) is 5.54. The average Bonchev–Trinajstić information content (AvgIpc) is 2.70. The molecule has 2 rings (SSSR count). The minimum Gasteiger partial charge on any atom is -0.478 e. The van der Waals surface area contributed by atoms with E-state index in [1.54, 1.807) is 0 Å². The minimum atomic E-state index is -0.974. The molecule has 0 radical (unpaired) electrons. The zero-order valence-electron chi connectivity index (χ0n) is 6.94. The first-order valence-electron chi connectivity index (χ1n) is 3.86. The van der Waals surface area contributed by atoms with Crippen molar-refractivity contribution in [3.05, 3.63) is 20.8 Å². The molecule has 0 spiro atoms. The molecule has 1 atom stereocenters. The van der Waals surface area contributed by atoms with Crippen molar-refractivity contribution < 1.29 is 14.7 Å². The smallest absolute Gasteiger partial charge is 0.348 e. The Hall–Kier alpha value is -0.880.